The molecule has 1 aromatic carbocycles. The van der Waals surface area contributed by atoms with Crippen molar-refractivity contribution in [3.63, 3.8) is 0 Å². The van der Waals surface area contributed by atoms with Crippen LogP contribution in [0.25, 0.3) is 22.6 Å². The minimum absolute atomic E-state index is 0.231. The number of aromatic nitrogens is 5. The highest BCUT2D eigenvalue weighted by Crippen LogP contribution is 2.37. The molecule has 0 spiro atoms. The molecule has 3 aromatic heterocycles. The molecular formula is C23H22F2N6O. The zero-order chi connectivity index (χ0) is 22.4. The fraction of sp³-hybridized carbons (Fsp3) is 0.261. The molecule has 0 radical (unpaired) electrons. The smallest absolute Gasteiger partial charge is 0.257 e. The number of aryl methyl sites for hydroxylation is 1. The molecule has 0 saturated carbocycles. The Labute approximate surface area is 183 Å². The van der Waals surface area contributed by atoms with E-state index in [0.717, 1.165) is 28.1 Å². The van der Waals surface area contributed by atoms with Crippen LogP contribution >= 0.6 is 0 Å². The highest BCUT2D eigenvalue weighted by Gasteiger charge is 2.23. The summed E-state index contributed by atoms with van der Waals surface area (Å²) in [5.74, 6) is 1.38. The third-order valence-electron chi connectivity index (χ3n) is 5.63. The van der Waals surface area contributed by atoms with E-state index in [4.69, 9.17) is 10.5 Å². The maximum Gasteiger partial charge on any atom is 0.257 e. The molecule has 0 unspecified atom stereocenters. The number of fused-ring (bicyclic) bond motifs is 7. The number of nitrogens with two attached hydrogens (primary N) is 1. The van der Waals surface area contributed by atoms with Crippen LogP contribution in [-0.4, -0.2) is 30.7 Å². The molecular weight excluding hydrogens is 414 g/mol. The van der Waals surface area contributed by atoms with Gasteiger partial charge in [0.2, 0.25) is 0 Å². The van der Waals surface area contributed by atoms with Crippen molar-refractivity contribution in [1.82, 2.24) is 24.3 Å². The van der Waals surface area contributed by atoms with E-state index in [0.29, 0.717) is 23.6 Å². The number of rotatable bonds is 2. The molecule has 0 saturated heterocycles. The summed E-state index contributed by atoms with van der Waals surface area (Å²) in [5, 5.41) is 4.24. The van der Waals surface area contributed by atoms with Crippen LogP contribution in [-0.2, 0) is 13.1 Å². The van der Waals surface area contributed by atoms with E-state index < -0.39 is 13.0 Å². The van der Waals surface area contributed by atoms with Gasteiger partial charge in [0.25, 0.3) is 6.43 Å². The van der Waals surface area contributed by atoms with Gasteiger partial charge in [0, 0.05) is 40.8 Å². The molecule has 2 N–H and O–H groups in total. The number of halogens is 2. The number of alkyl halides is 2. The van der Waals surface area contributed by atoms with E-state index >= 15 is 0 Å². The van der Waals surface area contributed by atoms with E-state index in [2.05, 4.69) is 21.1 Å². The van der Waals surface area contributed by atoms with Gasteiger partial charge in [0.1, 0.15) is 18.5 Å². The number of benzene rings is 1. The van der Waals surface area contributed by atoms with Gasteiger partial charge in [-0.05, 0) is 19.9 Å². The molecule has 2 bridgehead atoms. The number of nitrogen functional groups attached to an aromatic ring is 1. The summed E-state index contributed by atoms with van der Waals surface area (Å²) in [6, 6.07) is 7.87. The van der Waals surface area contributed by atoms with Crippen LogP contribution in [0.2, 0.25) is 0 Å². The lowest BCUT2D eigenvalue weighted by Crippen LogP contribution is -2.13. The van der Waals surface area contributed by atoms with Crippen molar-refractivity contribution in [3.8, 4) is 28.4 Å². The lowest BCUT2D eigenvalue weighted by Gasteiger charge is -2.22. The van der Waals surface area contributed by atoms with E-state index in [1.54, 1.807) is 24.7 Å². The minimum Gasteiger partial charge on any atom is -0.482 e. The first-order valence-electron chi connectivity index (χ1n) is 10.3. The first-order valence-corrected chi connectivity index (χ1v) is 10.3. The number of hydrogen-bond donors (Lipinski definition) is 1. The monoisotopic (exact) mass is 436 g/mol. The van der Waals surface area contributed by atoms with Crippen molar-refractivity contribution < 1.29 is 13.5 Å². The third kappa shape index (κ3) is 3.49. The lowest BCUT2D eigenvalue weighted by atomic mass is 9.99. The van der Waals surface area contributed by atoms with Crippen molar-refractivity contribution in [2.45, 2.75) is 39.5 Å². The van der Waals surface area contributed by atoms with Gasteiger partial charge in [-0.2, -0.15) is 5.10 Å². The second-order valence-corrected chi connectivity index (χ2v) is 7.93. The number of nitrogens with zero attached hydrogens (tertiary/aromatic N) is 5. The SMILES string of the molecule is Cc1ccc2c(c1)[C@@H](C)Oc1cc(cnc1N)-c1c(cnn1CC(F)F)Cn1ccnc1-2. The summed E-state index contributed by atoms with van der Waals surface area (Å²) in [4.78, 5) is 8.86. The molecule has 5 rings (SSSR count). The Morgan fingerprint density at radius 2 is 2.06 bits per heavy atom. The van der Waals surface area contributed by atoms with Crippen molar-refractivity contribution in [3.05, 3.63) is 65.7 Å². The molecule has 1 atom stereocenters. The molecule has 9 heteroatoms. The van der Waals surface area contributed by atoms with Gasteiger partial charge in [-0.3, -0.25) is 4.68 Å². The predicted molar refractivity (Wildman–Crippen MR) is 116 cm³/mol. The average molecular weight is 436 g/mol. The molecule has 0 aliphatic carbocycles. The highest BCUT2D eigenvalue weighted by molar-refractivity contribution is 5.68. The van der Waals surface area contributed by atoms with Crippen LogP contribution in [0.5, 0.6) is 5.75 Å². The average Bonchev–Trinajstić information content (AvgIpc) is 3.36. The van der Waals surface area contributed by atoms with Crippen molar-refractivity contribution in [2.24, 2.45) is 0 Å². The molecule has 1 aliphatic rings. The maximum absolute atomic E-state index is 13.3. The molecule has 7 nitrogen and oxygen atoms in total. The number of ether oxygens (including phenoxy) is 1. The summed E-state index contributed by atoms with van der Waals surface area (Å²) in [7, 11) is 0. The van der Waals surface area contributed by atoms with Crippen LogP contribution in [0, 0.1) is 6.92 Å². The van der Waals surface area contributed by atoms with Gasteiger partial charge in [-0.15, -0.1) is 0 Å². The lowest BCUT2D eigenvalue weighted by molar-refractivity contribution is 0.122. The summed E-state index contributed by atoms with van der Waals surface area (Å²) in [6.07, 6.45) is 3.89. The van der Waals surface area contributed by atoms with Crippen molar-refractivity contribution in [2.75, 3.05) is 5.73 Å². The Hall–Kier alpha value is -3.75. The van der Waals surface area contributed by atoms with Crippen LogP contribution in [0.1, 0.15) is 29.7 Å². The summed E-state index contributed by atoms with van der Waals surface area (Å²) < 4.78 is 36.0. The Bertz CT molecular complexity index is 1300. The van der Waals surface area contributed by atoms with Crippen LogP contribution in [0.4, 0.5) is 14.6 Å². The zero-order valence-corrected chi connectivity index (χ0v) is 17.7. The molecule has 32 heavy (non-hydrogen) atoms. The number of anilines is 1. The van der Waals surface area contributed by atoms with E-state index in [-0.39, 0.29) is 11.9 Å². The van der Waals surface area contributed by atoms with Crippen molar-refractivity contribution >= 4 is 5.82 Å². The van der Waals surface area contributed by atoms with E-state index in [1.165, 1.54) is 4.68 Å². The second kappa shape index (κ2) is 7.74. The quantitative estimate of drug-likeness (QED) is 0.501. The van der Waals surface area contributed by atoms with E-state index in [1.807, 2.05) is 36.7 Å². The van der Waals surface area contributed by atoms with E-state index in [9.17, 15) is 8.78 Å². The van der Waals surface area contributed by atoms with Gasteiger partial charge in [-0.1, -0.05) is 23.8 Å². The van der Waals surface area contributed by atoms with Gasteiger partial charge in [0.05, 0.1) is 18.4 Å². The van der Waals surface area contributed by atoms with Crippen LogP contribution < -0.4 is 10.5 Å². The number of imidazole rings is 1. The van der Waals surface area contributed by atoms with Gasteiger partial charge in [-0.25, -0.2) is 18.7 Å². The third-order valence-corrected chi connectivity index (χ3v) is 5.63. The summed E-state index contributed by atoms with van der Waals surface area (Å²) >= 11 is 0. The largest absolute Gasteiger partial charge is 0.482 e. The Kier molecular flexibility index (Phi) is 4.88. The standard InChI is InChI=1S/C23H22F2N6O/c1-13-3-4-17-18(7-13)14(2)32-19-8-15(9-28-22(19)26)21-16(10-29-31(21)12-20(24)25)11-30-6-5-27-23(17)30/h3-10,14,20H,11-12H2,1-2H3,(H2,26,28)/t14-/m1/s1. The molecule has 4 heterocycles. The molecule has 4 aromatic rings. The normalized spacial score (nSPS) is 15.2. The number of hydrogen-bond acceptors (Lipinski definition) is 5. The zero-order valence-electron chi connectivity index (χ0n) is 17.7. The fourth-order valence-electron chi connectivity index (χ4n) is 4.16. The second-order valence-electron chi connectivity index (χ2n) is 7.93. The maximum atomic E-state index is 13.3. The summed E-state index contributed by atoms with van der Waals surface area (Å²) in [6.45, 7) is 3.85. The van der Waals surface area contributed by atoms with Crippen molar-refractivity contribution in [1.29, 1.82) is 0 Å². The molecule has 0 fully saturated rings. The van der Waals surface area contributed by atoms with Crippen LogP contribution in [0.15, 0.2) is 49.1 Å². The van der Waals surface area contributed by atoms with Gasteiger partial charge < -0.3 is 15.0 Å². The molecule has 1 aliphatic heterocycles. The number of pyridine rings is 1. The fourth-order valence-corrected chi connectivity index (χ4v) is 4.16. The van der Waals surface area contributed by atoms with Crippen LogP contribution in [0.3, 0.4) is 0 Å². The first kappa shape index (κ1) is 20.2. The Morgan fingerprint density at radius 3 is 2.88 bits per heavy atom. The van der Waals surface area contributed by atoms with Gasteiger partial charge in [0.15, 0.2) is 11.6 Å². The first-order chi connectivity index (χ1) is 15.4. The topological polar surface area (TPSA) is 83.8 Å². The molecule has 164 valence electrons. The van der Waals surface area contributed by atoms with Gasteiger partial charge >= 0.3 is 0 Å². The molecule has 0 amide bonds. The Morgan fingerprint density at radius 1 is 1.22 bits per heavy atom. The summed E-state index contributed by atoms with van der Waals surface area (Å²) in [5.41, 5.74) is 11.0. The minimum atomic E-state index is -2.54. The Balaban J connectivity index is 1.76. The highest BCUT2D eigenvalue weighted by atomic mass is 19.3. The predicted octanol–water partition coefficient (Wildman–Crippen LogP) is 4.47.